The molecule has 1 heterocycles. The topological polar surface area (TPSA) is 62.2 Å². The summed E-state index contributed by atoms with van der Waals surface area (Å²) >= 11 is 0. The average molecular weight is 274 g/mol. The average Bonchev–Trinajstić information content (AvgIpc) is 2.51. The molecule has 1 rings (SSSR count). The second-order valence-corrected chi connectivity index (χ2v) is 4.65. The Morgan fingerprint density at radius 1 is 1.35 bits per heavy atom. The molecule has 0 aromatic carbocycles. The van der Waals surface area contributed by atoms with Gasteiger partial charge in [0.2, 0.25) is 0 Å². The first-order chi connectivity index (χ1) is 9.62. The minimum absolute atomic E-state index is 0.198. The maximum atomic E-state index is 12.4. The molecule has 4 heteroatoms. The Bertz CT molecular complexity index is 502. The first kappa shape index (κ1) is 16.2. The quantitative estimate of drug-likeness (QED) is 0.808. The van der Waals surface area contributed by atoms with Crippen molar-refractivity contribution < 1.29 is 9.90 Å². The number of aromatic nitrogens is 1. The normalized spacial score (nSPS) is 10.6. The van der Waals surface area contributed by atoms with Gasteiger partial charge in [-0.05, 0) is 31.4 Å². The minimum atomic E-state index is -0.237. The number of pyridine rings is 1. The number of nitrogens with zero attached hydrogens (tertiary/aromatic N) is 1. The van der Waals surface area contributed by atoms with Crippen LogP contribution in [-0.2, 0) is 0 Å². The Morgan fingerprint density at radius 3 is 2.55 bits per heavy atom. The van der Waals surface area contributed by atoms with E-state index in [9.17, 15) is 4.79 Å². The summed E-state index contributed by atoms with van der Waals surface area (Å²) in [4.78, 5) is 16.5. The molecule has 20 heavy (non-hydrogen) atoms. The summed E-state index contributed by atoms with van der Waals surface area (Å²) in [6.45, 7) is 5.97. The van der Waals surface area contributed by atoms with Crippen molar-refractivity contribution in [3.63, 3.8) is 0 Å². The van der Waals surface area contributed by atoms with Crippen molar-refractivity contribution in [1.82, 2.24) is 10.3 Å². The fourth-order valence-electron chi connectivity index (χ4n) is 2.14. The van der Waals surface area contributed by atoms with Crippen LogP contribution in [0.3, 0.4) is 0 Å². The fourth-order valence-corrected chi connectivity index (χ4v) is 2.14. The lowest BCUT2D eigenvalue weighted by Crippen LogP contribution is -2.47. The van der Waals surface area contributed by atoms with Gasteiger partial charge in [-0.25, -0.2) is 4.98 Å². The Morgan fingerprint density at radius 2 is 2.00 bits per heavy atom. The highest BCUT2D eigenvalue weighted by Gasteiger charge is 2.27. The number of nitrogens with one attached hydrogen (secondary N) is 1. The van der Waals surface area contributed by atoms with Crippen LogP contribution in [0.1, 0.15) is 56.1 Å². The highest BCUT2D eigenvalue weighted by molar-refractivity contribution is 5.95. The lowest BCUT2D eigenvalue weighted by molar-refractivity contribution is 0.0882. The van der Waals surface area contributed by atoms with E-state index in [0.717, 1.165) is 19.3 Å². The molecule has 0 atom stereocenters. The van der Waals surface area contributed by atoms with E-state index in [1.54, 1.807) is 18.3 Å². The van der Waals surface area contributed by atoms with E-state index in [0.29, 0.717) is 11.3 Å². The number of carbonyl (C=O) groups is 1. The number of hydrogen-bond acceptors (Lipinski definition) is 3. The van der Waals surface area contributed by atoms with Gasteiger partial charge in [0.1, 0.15) is 12.3 Å². The SMILES string of the molecule is CCC(CC)(CC)NC(=O)c1ncccc1C#CCO. The van der Waals surface area contributed by atoms with E-state index < -0.39 is 0 Å². The Kier molecular flexibility index (Phi) is 6.20. The third-order valence-electron chi connectivity index (χ3n) is 3.73. The molecular weight excluding hydrogens is 252 g/mol. The highest BCUT2D eigenvalue weighted by Crippen LogP contribution is 2.20. The van der Waals surface area contributed by atoms with Gasteiger partial charge in [-0.1, -0.05) is 32.6 Å². The monoisotopic (exact) mass is 274 g/mol. The van der Waals surface area contributed by atoms with E-state index >= 15 is 0 Å². The van der Waals surface area contributed by atoms with Crippen molar-refractivity contribution in [3.05, 3.63) is 29.6 Å². The van der Waals surface area contributed by atoms with Gasteiger partial charge in [0.05, 0.1) is 5.56 Å². The maximum absolute atomic E-state index is 12.4. The van der Waals surface area contributed by atoms with Gasteiger partial charge in [-0.15, -0.1) is 0 Å². The smallest absolute Gasteiger partial charge is 0.271 e. The second-order valence-electron chi connectivity index (χ2n) is 4.65. The van der Waals surface area contributed by atoms with Gasteiger partial charge in [-0.3, -0.25) is 4.79 Å². The van der Waals surface area contributed by atoms with Gasteiger partial charge in [0.25, 0.3) is 5.91 Å². The van der Waals surface area contributed by atoms with Gasteiger partial charge < -0.3 is 10.4 Å². The largest absolute Gasteiger partial charge is 0.384 e. The fraction of sp³-hybridized carbons (Fsp3) is 0.500. The zero-order valence-electron chi connectivity index (χ0n) is 12.4. The van der Waals surface area contributed by atoms with Crippen LogP contribution in [0.4, 0.5) is 0 Å². The molecule has 0 spiro atoms. The molecule has 0 radical (unpaired) electrons. The maximum Gasteiger partial charge on any atom is 0.271 e. The van der Waals surface area contributed by atoms with Crippen LogP contribution in [0.15, 0.2) is 18.3 Å². The summed E-state index contributed by atoms with van der Waals surface area (Å²) in [5.41, 5.74) is 0.653. The number of rotatable bonds is 5. The molecule has 0 unspecified atom stereocenters. The predicted molar refractivity (Wildman–Crippen MR) is 79.3 cm³/mol. The minimum Gasteiger partial charge on any atom is -0.384 e. The van der Waals surface area contributed by atoms with Crippen molar-refractivity contribution in [2.45, 2.75) is 45.6 Å². The van der Waals surface area contributed by atoms with Gasteiger partial charge >= 0.3 is 0 Å². The molecule has 0 saturated carbocycles. The summed E-state index contributed by atoms with van der Waals surface area (Å²) in [6, 6.07) is 3.46. The Labute approximate surface area is 120 Å². The Hall–Kier alpha value is -1.86. The highest BCUT2D eigenvalue weighted by atomic mass is 16.2. The van der Waals surface area contributed by atoms with E-state index in [2.05, 4.69) is 42.9 Å². The molecule has 4 nitrogen and oxygen atoms in total. The zero-order valence-corrected chi connectivity index (χ0v) is 12.4. The van der Waals surface area contributed by atoms with Gasteiger partial charge in [0.15, 0.2) is 0 Å². The van der Waals surface area contributed by atoms with Crippen LogP contribution in [0.5, 0.6) is 0 Å². The molecule has 0 aliphatic carbocycles. The summed E-state index contributed by atoms with van der Waals surface area (Å²) < 4.78 is 0. The number of aliphatic hydroxyl groups excluding tert-OH is 1. The van der Waals surface area contributed by atoms with E-state index in [1.165, 1.54) is 0 Å². The first-order valence-electron chi connectivity index (χ1n) is 6.99. The molecule has 0 aliphatic rings. The summed E-state index contributed by atoms with van der Waals surface area (Å²) in [5, 5.41) is 11.8. The zero-order chi connectivity index (χ0) is 15.0. The molecule has 0 saturated heterocycles. The Balaban J connectivity index is 3.03. The van der Waals surface area contributed by atoms with Crippen molar-refractivity contribution in [2.24, 2.45) is 0 Å². The van der Waals surface area contributed by atoms with Crippen LogP contribution in [0, 0.1) is 11.8 Å². The number of amides is 1. The lowest BCUT2D eigenvalue weighted by Gasteiger charge is -2.31. The standard InChI is InChI=1S/C16H22N2O2/c1-4-16(5-2,6-3)18-15(20)14-13(10-8-12-19)9-7-11-17-14/h7,9,11,19H,4-6,12H2,1-3H3,(H,18,20). The van der Waals surface area contributed by atoms with E-state index in [1.807, 2.05) is 0 Å². The number of hydrogen-bond donors (Lipinski definition) is 2. The molecule has 1 amide bonds. The number of aliphatic hydroxyl groups is 1. The third kappa shape index (κ3) is 3.82. The van der Waals surface area contributed by atoms with Crippen LogP contribution in [0.25, 0.3) is 0 Å². The molecule has 1 aromatic rings. The van der Waals surface area contributed by atoms with Crippen LogP contribution in [-0.4, -0.2) is 28.1 Å². The van der Waals surface area contributed by atoms with Crippen LogP contribution >= 0.6 is 0 Å². The molecule has 1 aromatic heterocycles. The second kappa shape index (κ2) is 7.66. The van der Waals surface area contributed by atoms with Crippen molar-refractivity contribution in [3.8, 4) is 11.8 Å². The summed E-state index contributed by atoms with van der Waals surface area (Å²) in [7, 11) is 0. The van der Waals surface area contributed by atoms with Crippen molar-refractivity contribution in [1.29, 1.82) is 0 Å². The molecule has 0 aliphatic heterocycles. The molecule has 2 N–H and O–H groups in total. The van der Waals surface area contributed by atoms with E-state index in [4.69, 9.17) is 5.11 Å². The lowest BCUT2D eigenvalue weighted by atomic mass is 9.89. The third-order valence-corrected chi connectivity index (χ3v) is 3.73. The van der Waals surface area contributed by atoms with E-state index in [-0.39, 0.29) is 18.1 Å². The van der Waals surface area contributed by atoms with Gasteiger partial charge in [-0.2, -0.15) is 0 Å². The van der Waals surface area contributed by atoms with Crippen molar-refractivity contribution in [2.75, 3.05) is 6.61 Å². The van der Waals surface area contributed by atoms with Crippen LogP contribution in [0.2, 0.25) is 0 Å². The van der Waals surface area contributed by atoms with Crippen LogP contribution < -0.4 is 5.32 Å². The molecule has 0 fully saturated rings. The molecular formula is C16H22N2O2. The molecule has 108 valence electrons. The van der Waals surface area contributed by atoms with Crippen molar-refractivity contribution >= 4 is 5.91 Å². The number of carbonyl (C=O) groups excluding carboxylic acids is 1. The summed E-state index contributed by atoms with van der Waals surface area (Å²) in [5.74, 6) is 5.10. The van der Waals surface area contributed by atoms with Gasteiger partial charge in [0, 0.05) is 11.7 Å². The first-order valence-corrected chi connectivity index (χ1v) is 6.99. The predicted octanol–water partition coefficient (Wildman–Crippen LogP) is 2.12. The molecule has 0 bridgehead atoms. The summed E-state index contributed by atoms with van der Waals surface area (Å²) in [6.07, 6.45) is 4.19.